The molecule has 1 N–H and O–H groups in total. The van der Waals surface area contributed by atoms with Gasteiger partial charge in [0.1, 0.15) is 17.0 Å². The van der Waals surface area contributed by atoms with Crippen molar-refractivity contribution >= 4 is 11.7 Å². The molecule has 2 fully saturated rings. The van der Waals surface area contributed by atoms with Gasteiger partial charge in [-0.05, 0) is 52.6 Å². The van der Waals surface area contributed by atoms with E-state index in [4.69, 9.17) is 9.47 Å². The van der Waals surface area contributed by atoms with Crippen LogP contribution in [0.5, 0.6) is 5.75 Å². The predicted molar refractivity (Wildman–Crippen MR) is 144 cm³/mol. The van der Waals surface area contributed by atoms with Crippen molar-refractivity contribution in [3.8, 4) is 16.9 Å². The Labute approximate surface area is 230 Å². The molecule has 0 unspecified atom stereocenters. The third-order valence-electron chi connectivity index (χ3n) is 7.96. The van der Waals surface area contributed by atoms with E-state index in [0.29, 0.717) is 32.8 Å². The zero-order valence-electron chi connectivity index (χ0n) is 22.0. The number of anilines is 1. The van der Waals surface area contributed by atoms with Gasteiger partial charge in [0.15, 0.2) is 0 Å². The number of carbonyl (C=O) groups is 1. The molecule has 10 heteroatoms. The van der Waals surface area contributed by atoms with Gasteiger partial charge in [-0.15, -0.1) is 0 Å². The van der Waals surface area contributed by atoms with E-state index in [-0.39, 0.29) is 11.6 Å². The molecule has 1 spiro atoms. The third-order valence-corrected chi connectivity index (χ3v) is 7.96. The number of morpholine rings is 1. The van der Waals surface area contributed by atoms with E-state index in [1.807, 2.05) is 30.3 Å². The van der Waals surface area contributed by atoms with E-state index in [0.717, 1.165) is 66.5 Å². The molecule has 0 radical (unpaired) electrons. The van der Waals surface area contributed by atoms with E-state index in [1.54, 1.807) is 4.90 Å². The minimum atomic E-state index is -4.42. The maximum Gasteiger partial charge on any atom is 0.433 e. The van der Waals surface area contributed by atoms with Crippen molar-refractivity contribution in [3.63, 3.8) is 0 Å². The van der Waals surface area contributed by atoms with Gasteiger partial charge >= 0.3 is 12.2 Å². The second kappa shape index (κ2) is 10.7. The quantitative estimate of drug-likeness (QED) is 0.457. The molecule has 40 heavy (non-hydrogen) atoms. The molecular weight excluding hydrogens is 521 g/mol. The van der Waals surface area contributed by atoms with Gasteiger partial charge in [-0.2, -0.15) is 13.2 Å². The normalized spacial score (nSPS) is 18.8. The van der Waals surface area contributed by atoms with Crippen LogP contribution in [0.25, 0.3) is 11.1 Å². The van der Waals surface area contributed by atoms with Crippen molar-refractivity contribution in [2.45, 2.75) is 37.6 Å². The highest BCUT2D eigenvalue weighted by Crippen LogP contribution is 2.43. The van der Waals surface area contributed by atoms with Crippen LogP contribution in [0.4, 0.5) is 23.7 Å². The zero-order valence-corrected chi connectivity index (χ0v) is 22.0. The molecular formula is C30H31F3N4O3. The van der Waals surface area contributed by atoms with Gasteiger partial charge < -0.3 is 19.7 Å². The average Bonchev–Trinajstić information content (AvgIpc) is 3.32. The number of benzene rings is 2. The summed E-state index contributed by atoms with van der Waals surface area (Å²) in [6, 6.07) is 16.6. The molecule has 7 nitrogen and oxygen atoms in total. The first kappa shape index (κ1) is 26.6. The molecule has 6 rings (SSSR count). The number of carbonyl (C=O) groups excluding carboxylic acids is 1. The first-order valence-electron chi connectivity index (χ1n) is 13.6. The third kappa shape index (κ3) is 5.78. The smallest absolute Gasteiger partial charge is 0.433 e. The van der Waals surface area contributed by atoms with Crippen molar-refractivity contribution in [2.24, 2.45) is 0 Å². The topological polar surface area (TPSA) is 66.9 Å². The summed E-state index contributed by atoms with van der Waals surface area (Å²) in [5.74, 6) is 0.915. The van der Waals surface area contributed by atoms with E-state index in [9.17, 15) is 18.0 Å². The number of urea groups is 1. The highest BCUT2D eigenvalue weighted by Gasteiger charge is 2.42. The summed E-state index contributed by atoms with van der Waals surface area (Å²) in [6.07, 6.45) is -0.569. The lowest BCUT2D eigenvalue weighted by Gasteiger charge is -2.38. The predicted octanol–water partition coefficient (Wildman–Crippen LogP) is 5.60. The molecule has 1 aromatic heterocycles. The molecule has 3 aliphatic rings. The lowest BCUT2D eigenvalue weighted by atomic mass is 9.86. The summed E-state index contributed by atoms with van der Waals surface area (Å²) in [6.45, 7) is 4.50. The number of halogens is 3. The van der Waals surface area contributed by atoms with Crippen molar-refractivity contribution in [1.29, 1.82) is 0 Å². The minimum Gasteiger partial charge on any atom is -0.487 e. The summed E-state index contributed by atoms with van der Waals surface area (Å²) in [4.78, 5) is 20.0. The zero-order chi connectivity index (χ0) is 27.7. The molecule has 0 aliphatic carbocycles. The molecule has 4 heterocycles. The summed E-state index contributed by atoms with van der Waals surface area (Å²) >= 11 is 0. The maximum atomic E-state index is 12.8. The number of nitrogens with one attached hydrogen (secondary N) is 1. The number of amides is 2. The van der Waals surface area contributed by atoms with Crippen molar-refractivity contribution in [3.05, 3.63) is 77.6 Å². The van der Waals surface area contributed by atoms with Crippen LogP contribution in [0.1, 0.15) is 29.7 Å². The number of likely N-dealkylation sites (tertiary alicyclic amines) is 1. The van der Waals surface area contributed by atoms with E-state index >= 15 is 0 Å². The number of ether oxygens (including phenoxy) is 2. The van der Waals surface area contributed by atoms with E-state index in [1.165, 1.54) is 17.8 Å². The largest absolute Gasteiger partial charge is 0.487 e. The number of aromatic nitrogens is 1. The lowest BCUT2D eigenvalue weighted by Crippen LogP contribution is -2.47. The summed E-state index contributed by atoms with van der Waals surface area (Å²) in [7, 11) is 0. The molecule has 3 aliphatic heterocycles. The Balaban J connectivity index is 1.04. The minimum absolute atomic E-state index is 0.113. The van der Waals surface area contributed by atoms with Gasteiger partial charge in [-0.3, -0.25) is 9.88 Å². The van der Waals surface area contributed by atoms with E-state index in [2.05, 4.69) is 27.3 Å². The Morgan fingerprint density at radius 3 is 2.35 bits per heavy atom. The van der Waals surface area contributed by atoms with Crippen LogP contribution >= 0.6 is 0 Å². The maximum absolute atomic E-state index is 12.8. The molecule has 210 valence electrons. The van der Waals surface area contributed by atoms with Crippen LogP contribution in [0.2, 0.25) is 0 Å². The molecule has 0 atom stereocenters. The summed E-state index contributed by atoms with van der Waals surface area (Å²) < 4.78 is 50.2. The van der Waals surface area contributed by atoms with Crippen LogP contribution in [0.3, 0.4) is 0 Å². The van der Waals surface area contributed by atoms with Crippen LogP contribution in [0.15, 0.2) is 60.8 Å². The number of fused-ring (bicyclic) bond motifs is 1. The molecule has 3 aromatic rings. The Bertz CT molecular complexity index is 1350. The van der Waals surface area contributed by atoms with Gasteiger partial charge in [0, 0.05) is 63.9 Å². The Kier molecular flexibility index (Phi) is 7.14. The first-order chi connectivity index (χ1) is 19.3. The standard InChI is InChI=1S/C30H31F3N4O3/c31-30(32,33)27-8-1-21(19-34-27)20-36-11-9-29(10-12-36)18-24-17-23(4-7-26(24)40-29)22-2-5-25(6-3-22)35-28(38)37-13-15-39-16-14-37/h1-8,17,19H,9-16,18,20H2,(H,35,38). The number of nitrogens with zero attached hydrogens (tertiary/aromatic N) is 3. The van der Waals surface area contributed by atoms with Gasteiger partial charge in [0.05, 0.1) is 13.2 Å². The second-order valence-electron chi connectivity index (χ2n) is 10.7. The number of hydrogen-bond donors (Lipinski definition) is 1. The molecule has 2 saturated heterocycles. The number of alkyl halides is 3. The van der Waals surface area contributed by atoms with Crippen molar-refractivity contribution in [1.82, 2.24) is 14.8 Å². The molecule has 0 bridgehead atoms. The van der Waals surface area contributed by atoms with Gasteiger partial charge in [-0.25, -0.2) is 4.79 Å². The first-order valence-corrected chi connectivity index (χ1v) is 13.6. The highest BCUT2D eigenvalue weighted by molar-refractivity contribution is 5.89. The summed E-state index contributed by atoms with van der Waals surface area (Å²) in [5, 5.41) is 2.96. The lowest BCUT2D eigenvalue weighted by molar-refractivity contribution is -0.141. The molecule has 2 amide bonds. The molecule has 2 aromatic carbocycles. The van der Waals surface area contributed by atoms with Crippen LogP contribution in [0, 0.1) is 0 Å². The summed E-state index contributed by atoms with van der Waals surface area (Å²) in [5.41, 5.74) is 3.76. The number of piperidine rings is 1. The van der Waals surface area contributed by atoms with Gasteiger partial charge in [-0.1, -0.05) is 24.3 Å². The van der Waals surface area contributed by atoms with Gasteiger partial charge in [0.25, 0.3) is 0 Å². The fourth-order valence-electron chi connectivity index (χ4n) is 5.67. The fraction of sp³-hybridized carbons (Fsp3) is 0.400. The Morgan fingerprint density at radius 1 is 0.950 bits per heavy atom. The number of pyridine rings is 1. The monoisotopic (exact) mass is 552 g/mol. The SMILES string of the molecule is O=C(Nc1ccc(-c2ccc3c(c2)CC2(CCN(Cc4ccc(C(F)(F)F)nc4)CC2)O3)cc1)N1CCOCC1. The van der Waals surface area contributed by atoms with Crippen molar-refractivity contribution < 1.29 is 27.4 Å². The Hall–Kier alpha value is -3.63. The highest BCUT2D eigenvalue weighted by atomic mass is 19.4. The number of rotatable bonds is 4. The number of hydrogen-bond acceptors (Lipinski definition) is 5. The molecule has 0 saturated carbocycles. The van der Waals surface area contributed by atoms with Gasteiger partial charge in [0.2, 0.25) is 0 Å². The van der Waals surface area contributed by atoms with Crippen LogP contribution in [-0.2, 0) is 23.9 Å². The average molecular weight is 553 g/mol. The van der Waals surface area contributed by atoms with E-state index < -0.39 is 11.9 Å². The van der Waals surface area contributed by atoms with Crippen LogP contribution in [-0.4, -0.2) is 65.8 Å². The van der Waals surface area contributed by atoms with Crippen LogP contribution < -0.4 is 10.1 Å². The van der Waals surface area contributed by atoms with Crippen molar-refractivity contribution in [2.75, 3.05) is 44.7 Å². The second-order valence-corrected chi connectivity index (χ2v) is 10.7. The fourth-order valence-corrected chi connectivity index (χ4v) is 5.67. The Morgan fingerprint density at radius 2 is 1.68 bits per heavy atom.